The molecule has 0 saturated carbocycles. The molecule has 1 amide bonds. The van der Waals surface area contributed by atoms with Crippen molar-refractivity contribution in [3.05, 3.63) is 45.9 Å². The standard InChI is InChI=1S/C17H20N2O4S/c1-11(2-3-12-4-6-13(20)7-5-12)19-15(21)14-10-18-16(24-14)17-22-8-9-23-17/h4-7,10-11,17,20H,2-3,8-9H2,1H3,(H,19,21)/t11-/m0/s1. The van der Waals surface area contributed by atoms with Gasteiger partial charge >= 0.3 is 0 Å². The number of carbonyl (C=O) groups excluding carboxylic acids is 1. The maximum atomic E-state index is 12.3. The molecule has 1 atom stereocenters. The van der Waals surface area contributed by atoms with E-state index in [1.165, 1.54) is 11.3 Å². The molecular formula is C17H20N2O4S. The Hall–Kier alpha value is -1.96. The first-order valence-electron chi connectivity index (χ1n) is 7.89. The van der Waals surface area contributed by atoms with E-state index in [1.54, 1.807) is 18.3 Å². The smallest absolute Gasteiger partial charge is 0.263 e. The van der Waals surface area contributed by atoms with Gasteiger partial charge in [-0.15, -0.1) is 11.3 Å². The number of phenolic OH excluding ortho intramolecular Hbond substituents is 1. The van der Waals surface area contributed by atoms with Crippen molar-refractivity contribution in [2.45, 2.75) is 32.1 Å². The van der Waals surface area contributed by atoms with Crippen LogP contribution in [0.3, 0.4) is 0 Å². The van der Waals surface area contributed by atoms with Crippen LogP contribution < -0.4 is 5.32 Å². The molecule has 6 nitrogen and oxygen atoms in total. The minimum atomic E-state index is -0.441. The Balaban J connectivity index is 1.49. The van der Waals surface area contributed by atoms with Gasteiger partial charge in [0.1, 0.15) is 15.6 Å². The van der Waals surface area contributed by atoms with Crippen LogP contribution in [0.5, 0.6) is 5.75 Å². The number of nitrogens with one attached hydrogen (secondary N) is 1. The number of aryl methyl sites for hydroxylation is 1. The molecule has 1 aliphatic rings. The van der Waals surface area contributed by atoms with Crippen molar-refractivity contribution in [1.29, 1.82) is 0 Å². The lowest BCUT2D eigenvalue weighted by molar-refractivity contribution is -0.0442. The second kappa shape index (κ2) is 7.74. The fraction of sp³-hybridized carbons (Fsp3) is 0.412. The van der Waals surface area contributed by atoms with Gasteiger partial charge in [0, 0.05) is 6.04 Å². The van der Waals surface area contributed by atoms with Gasteiger partial charge in [-0.1, -0.05) is 12.1 Å². The van der Waals surface area contributed by atoms with Gasteiger partial charge in [-0.05, 0) is 37.5 Å². The zero-order valence-electron chi connectivity index (χ0n) is 13.4. The quantitative estimate of drug-likeness (QED) is 0.839. The third-order valence-electron chi connectivity index (χ3n) is 3.75. The van der Waals surface area contributed by atoms with Crippen LogP contribution >= 0.6 is 11.3 Å². The van der Waals surface area contributed by atoms with E-state index in [-0.39, 0.29) is 17.7 Å². The van der Waals surface area contributed by atoms with Crippen molar-refractivity contribution in [1.82, 2.24) is 10.3 Å². The summed E-state index contributed by atoms with van der Waals surface area (Å²) >= 11 is 1.30. The van der Waals surface area contributed by atoms with Crippen LogP contribution in [-0.4, -0.2) is 35.3 Å². The molecule has 2 heterocycles. The normalized spacial score (nSPS) is 16.2. The average Bonchev–Trinajstić information content (AvgIpc) is 3.25. The zero-order valence-corrected chi connectivity index (χ0v) is 14.2. The highest BCUT2D eigenvalue weighted by molar-refractivity contribution is 7.13. The fourth-order valence-electron chi connectivity index (χ4n) is 2.42. The van der Waals surface area contributed by atoms with E-state index >= 15 is 0 Å². The number of rotatable bonds is 6. The molecule has 7 heteroatoms. The molecule has 1 aromatic carbocycles. The molecule has 128 valence electrons. The molecule has 1 aromatic heterocycles. The van der Waals surface area contributed by atoms with Crippen molar-refractivity contribution < 1.29 is 19.4 Å². The van der Waals surface area contributed by atoms with E-state index in [0.717, 1.165) is 18.4 Å². The van der Waals surface area contributed by atoms with Crippen molar-refractivity contribution in [3.8, 4) is 5.75 Å². The molecule has 1 fully saturated rings. The average molecular weight is 348 g/mol. The minimum Gasteiger partial charge on any atom is -0.508 e. The topological polar surface area (TPSA) is 80.7 Å². The number of carbonyl (C=O) groups is 1. The van der Waals surface area contributed by atoms with E-state index in [1.807, 2.05) is 19.1 Å². The summed E-state index contributed by atoms with van der Waals surface area (Å²) < 4.78 is 10.8. The van der Waals surface area contributed by atoms with Crippen LogP contribution in [0, 0.1) is 0 Å². The number of ether oxygens (including phenoxy) is 2. The molecule has 3 rings (SSSR count). The van der Waals surface area contributed by atoms with Crippen LogP contribution in [0.25, 0.3) is 0 Å². The summed E-state index contributed by atoms with van der Waals surface area (Å²) in [6, 6.07) is 7.16. The predicted molar refractivity (Wildman–Crippen MR) is 90.1 cm³/mol. The van der Waals surface area contributed by atoms with Gasteiger partial charge in [-0.3, -0.25) is 4.79 Å². The Morgan fingerprint density at radius 1 is 1.38 bits per heavy atom. The molecule has 0 bridgehead atoms. The van der Waals surface area contributed by atoms with E-state index in [2.05, 4.69) is 10.3 Å². The first kappa shape index (κ1) is 16.9. The molecule has 0 unspecified atom stereocenters. The minimum absolute atomic E-state index is 0.0378. The molecule has 0 spiro atoms. The highest BCUT2D eigenvalue weighted by Gasteiger charge is 2.23. The number of hydrogen-bond acceptors (Lipinski definition) is 6. The van der Waals surface area contributed by atoms with Crippen LogP contribution in [0.4, 0.5) is 0 Å². The van der Waals surface area contributed by atoms with Gasteiger partial charge in [0.2, 0.25) is 6.29 Å². The molecule has 1 aliphatic heterocycles. The van der Waals surface area contributed by atoms with Gasteiger partial charge < -0.3 is 19.9 Å². The number of phenols is 1. The van der Waals surface area contributed by atoms with Gasteiger partial charge in [-0.25, -0.2) is 4.98 Å². The van der Waals surface area contributed by atoms with Gasteiger partial charge in [0.05, 0.1) is 19.4 Å². The fourth-order valence-corrected chi connectivity index (χ4v) is 3.24. The van der Waals surface area contributed by atoms with Crippen LogP contribution in [0.15, 0.2) is 30.5 Å². The summed E-state index contributed by atoms with van der Waals surface area (Å²) in [4.78, 5) is 17.1. The first-order chi connectivity index (χ1) is 11.6. The van der Waals surface area contributed by atoms with E-state index < -0.39 is 6.29 Å². The summed E-state index contributed by atoms with van der Waals surface area (Å²) in [5.41, 5.74) is 1.13. The third-order valence-corrected chi connectivity index (χ3v) is 4.77. The highest BCUT2D eigenvalue weighted by atomic mass is 32.1. The highest BCUT2D eigenvalue weighted by Crippen LogP contribution is 2.27. The van der Waals surface area contributed by atoms with Crippen molar-refractivity contribution in [2.24, 2.45) is 0 Å². The van der Waals surface area contributed by atoms with E-state index in [0.29, 0.717) is 23.1 Å². The number of thiazole rings is 1. The molecule has 2 N–H and O–H groups in total. The first-order valence-corrected chi connectivity index (χ1v) is 8.71. The zero-order chi connectivity index (χ0) is 16.9. The summed E-state index contributed by atoms with van der Waals surface area (Å²) in [6.07, 6.45) is 2.77. The van der Waals surface area contributed by atoms with Crippen LogP contribution in [-0.2, 0) is 15.9 Å². The third kappa shape index (κ3) is 4.31. The van der Waals surface area contributed by atoms with E-state index in [9.17, 15) is 9.90 Å². The molecular weight excluding hydrogens is 328 g/mol. The Morgan fingerprint density at radius 3 is 2.79 bits per heavy atom. The number of amides is 1. The maximum Gasteiger partial charge on any atom is 0.263 e. The van der Waals surface area contributed by atoms with Crippen LogP contribution in [0.2, 0.25) is 0 Å². The lowest BCUT2D eigenvalue weighted by Crippen LogP contribution is -2.32. The maximum absolute atomic E-state index is 12.3. The predicted octanol–water partition coefficient (Wildman–Crippen LogP) is 2.65. The lowest BCUT2D eigenvalue weighted by Gasteiger charge is -2.13. The second-order valence-electron chi connectivity index (χ2n) is 5.72. The Bertz CT molecular complexity index is 680. The van der Waals surface area contributed by atoms with Crippen molar-refractivity contribution in [3.63, 3.8) is 0 Å². The Kier molecular flexibility index (Phi) is 5.44. The van der Waals surface area contributed by atoms with Gasteiger partial charge in [0.15, 0.2) is 0 Å². The number of benzene rings is 1. The number of aromatic hydroxyl groups is 1. The number of nitrogens with zero attached hydrogens (tertiary/aromatic N) is 1. The molecule has 24 heavy (non-hydrogen) atoms. The SMILES string of the molecule is C[C@@H](CCc1ccc(O)cc1)NC(=O)c1cnc(C2OCCO2)s1. The molecule has 0 aliphatic carbocycles. The summed E-state index contributed by atoms with van der Waals surface area (Å²) in [5.74, 6) is 0.131. The molecule has 2 aromatic rings. The summed E-state index contributed by atoms with van der Waals surface area (Å²) in [5, 5.41) is 12.9. The molecule has 0 radical (unpaired) electrons. The Labute approximate surface area is 144 Å². The van der Waals surface area contributed by atoms with Gasteiger partial charge in [-0.2, -0.15) is 0 Å². The monoisotopic (exact) mass is 348 g/mol. The number of hydrogen-bond donors (Lipinski definition) is 2. The summed E-state index contributed by atoms with van der Waals surface area (Å²) in [7, 11) is 0. The van der Waals surface area contributed by atoms with Crippen LogP contribution in [0.1, 0.15) is 39.9 Å². The summed E-state index contributed by atoms with van der Waals surface area (Å²) in [6.45, 7) is 3.09. The second-order valence-corrected chi connectivity index (χ2v) is 6.78. The van der Waals surface area contributed by atoms with Crippen molar-refractivity contribution >= 4 is 17.2 Å². The lowest BCUT2D eigenvalue weighted by atomic mass is 10.1. The van der Waals surface area contributed by atoms with Crippen molar-refractivity contribution in [2.75, 3.05) is 13.2 Å². The van der Waals surface area contributed by atoms with E-state index in [4.69, 9.17) is 9.47 Å². The molecule has 1 saturated heterocycles. The van der Waals surface area contributed by atoms with Gasteiger partial charge in [0.25, 0.3) is 5.91 Å². The Morgan fingerprint density at radius 2 is 2.08 bits per heavy atom. The largest absolute Gasteiger partial charge is 0.508 e. The number of aromatic nitrogens is 1.